The number of methoxy groups -OCH3 is 1. The second kappa shape index (κ2) is 15.4. The van der Waals surface area contributed by atoms with Crippen molar-refractivity contribution in [2.45, 2.75) is 97.0 Å². The number of unbranched alkanes of at least 4 members (excludes halogenated alkanes) is 11. The van der Waals surface area contributed by atoms with Gasteiger partial charge in [0.1, 0.15) is 6.10 Å². The third kappa shape index (κ3) is 11.4. The molecule has 4 heteroatoms. The number of ether oxygens (including phenoxy) is 1. The summed E-state index contributed by atoms with van der Waals surface area (Å²) in [7, 11) is 1.26. The minimum Gasteiger partial charge on any atom is -0.466 e. The minimum atomic E-state index is -1.37. The molecule has 0 aliphatic heterocycles. The Morgan fingerprint density at radius 2 is 1.38 bits per heavy atom. The lowest BCUT2D eigenvalue weighted by atomic mass is 10.0. The van der Waals surface area contributed by atoms with Crippen molar-refractivity contribution in [3.8, 4) is 0 Å². The Labute approximate surface area is 147 Å². The van der Waals surface area contributed by atoms with E-state index in [9.17, 15) is 14.7 Å². The van der Waals surface area contributed by atoms with Crippen molar-refractivity contribution in [3.05, 3.63) is 11.6 Å². The summed E-state index contributed by atoms with van der Waals surface area (Å²) in [5.41, 5.74) is 0.0667. The summed E-state index contributed by atoms with van der Waals surface area (Å²) in [6.07, 6.45) is 14.9. The molecule has 0 radical (unpaired) electrons. The van der Waals surface area contributed by atoms with Crippen LogP contribution in [0.15, 0.2) is 11.6 Å². The van der Waals surface area contributed by atoms with Gasteiger partial charge in [-0.3, -0.25) is 4.79 Å². The van der Waals surface area contributed by atoms with E-state index in [0.717, 1.165) is 12.8 Å². The number of rotatable bonds is 15. The first-order valence-corrected chi connectivity index (χ1v) is 9.51. The first kappa shape index (κ1) is 22.8. The molecule has 0 bridgehead atoms. The van der Waals surface area contributed by atoms with Gasteiger partial charge in [-0.15, -0.1) is 0 Å². The molecule has 1 N–H and O–H groups in total. The Kier molecular flexibility index (Phi) is 14.6. The quantitative estimate of drug-likeness (QED) is 0.266. The predicted octanol–water partition coefficient (Wildman–Crippen LogP) is 4.74. The van der Waals surface area contributed by atoms with Gasteiger partial charge in [-0.05, 0) is 19.8 Å². The third-order valence-corrected chi connectivity index (χ3v) is 4.27. The number of allylic oxidation sites excluding steroid dienone is 1. The smallest absolute Gasteiger partial charge is 0.336 e. The number of carbonyl (C=O) groups excluding carboxylic acids is 2. The third-order valence-electron chi connectivity index (χ3n) is 4.27. The maximum atomic E-state index is 11.6. The van der Waals surface area contributed by atoms with Gasteiger partial charge in [-0.1, -0.05) is 77.2 Å². The number of ketones is 1. The van der Waals surface area contributed by atoms with E-state index in [0.29, 0.717) is 6.42 Å². The number of esters is 1. The first-order valence-electron chi connectivity index (χ1n) is 9.51. The maximum absolute atomic E-state index is 11.6. The molecule has 0 rings (SSSR count). The Balaban J connectivity index is 3.77. The molecule has 0 aliphatic carbocycles. The van der Waals surface area contributed by atoms with Crippen LogP contribution in [0.2, 0.25) is 0 Å². The number of carbonyl (C=O) groups is 2. The largest absolute Gasteiger partial charge is 0.466 e. The van der Waals surface area contributed by atoms with E-state index in [1.165, 1.54) is 71.8 Å². The molecule has 0 fully saturated rings. The standard InChI is InChI=1S/C20H36O4/c1-4-5-6-7-8-9-10-11-12-13-14-15-16-18(20(23)24-3)19(22)17(2)21/h16,19,22H,4-15H2,1-3H3/b18-16+/t19-/m0/s1. The van der Waals surface area contributed by atoms with Crippen molar-refractivity contribution in [1.82, 2.24) is 0 Å². The molecular formula is C20H36O4. The van der Waals surface area contributed by atoms with Gasteiger partial charge in [0.05, 0.1) is 12.7 Å². The molecular weight excluding hydrogens is 304 g/mol. The van der Waals surface area contributed by atoms with E-state index in [4.69, 9.17) is 0 Å². The monoisotopic (exact) mass is 340 g/mol. The number of aliphatic hydroxyl groups excluding tert-OH is 1. The van der Waals surface area contributed by atoms with E-state index in [1.54, 1.807) is 6.08 Å². The summed E-state index contributed by atoms with van der Waals surface area (Å²) < 4.78 is 4.62. The van der Waals surface area contributed by atoms with Gasteiger partial charge < -0.3 is 9.84 Å². The van der Waals surface area contributed by atoms with Gasteiger partial charge in [-0.25, -0.2) is 4.79 Å². The Bertz CT molecular complexity index is 374. The molecule has 0 aromatic carbocycles. The molecule has 0 unspecified atom stereocenters. The van der Waals surface area contributed by atoms with Crippen LogP contribution >= 0.6 is 0 Å². The summed E-state index contributed by atoms with van der Waals surface area (Å²) in [6.45, 7) is 3.51. The minimum absolute atomic E-state index is 0.0667. The van der Waals surface area contributed by atoms with Crippen molar-refractivity contribution in [1.29, 1.82) is 0 Å². The molecule has 0 heterocycles. The SMILES string of the molecule is CCCCCCCCCCCCC/C=C(/C(=O)OC)[C@@H](O)C(C)=O. The van der Waals surface area contributed by atoms with Crippen LogP contribution in [0.25, 0.3) is 0 Å². The zero-order valence-corrected chi connectivity index (χ0v) is 15.8. The molecule has 0 saturated carbocycles. The van der Waals surface area contributed by atoms with Gasteiger partial charge in [0.2, 0.25) is 0 Å². The fourth-order valence-corrected chi connectivity index (χ4v) is 2.71. The number of hydrogen-bond donors (Lipinski definition) is 1. The topological polar surface area (TPSA) is 63.6 Å². The average Bonchev–Trinajstić information content (AvgIpc) is 2.57. The highest BCUT2D eigenvalue weighted by molar-refractivity contribution is 5.98. The molecule has 0 aromatic rings. The van der Waals surface area contributed by atoms with Crippen molar-refractivity contribution >= 4 is 11.8 Å². The van der Waals surface area contributed by atoms with Crippen LogP contribution in [0.5, 0.6) is 0 Å². The lowest BCUT2D eigenvalue weighted by molar-refractivity contribution is -0.139. The number of aliphatic hydroxyl groups is 1. The summed E-state index contributed by atoms with van der Waals surface area (Å²) in [5, 5.41) is 9.75. The zero-order chi connectivity index (χ0) is 18.2. The highest BCUT2D eigenvalue weighted by atomic mass is 16.5. The molecule has 4 nitrogen and oxygen atoms in total. The van der Waals surface area contributed by atoms with Crippen LogP contribution in [-0.4, -0.2) is 30.1 Å². The van der Waals surface area contributed by atoms with Gasteiger partial charge in [0.15, 0.2) is 5.78 Å². The average molecular weight is 341 g/mol. The highest BCUT2D eigenvalue weighted by Crippen LogP contribution is 2.14. The Morgan fingerprint density at radius 1 is 0.917 bits per heavy atom. The molecule has 0 aromatic heterocycles. The van der Waals surface area contributed by atoms with Gasteiger partial charge in [0.25, 0.3) is 0 Å². The van der Waals surface area contributed by atoms with Gasteiger partial charge in [0, 0.05) is 0 Å². The van der Waals surface area contributed by atoms with E-state index < -0.39 is 17.9 Å². The zero-order valence-electron chi connectivity index (χ0n) is 15.8. The lowest BCUT2D eigenvalue weighted by Gasteiger charge is -2.10. The van der Waals surface area contributed by atoms with Crippen LogP contribution in [0.3, 0.4) is 0 Å². The Morgan fingerprint density at radius 3 is 1.79 bits per heavy atom. The summed E-state index contributed by atoms with van der Waals surface area (Å²) >= 11 is 0. The van der Waals surface area contributed by atoms with Crippen molar-refractivity contribution < 1.29 is 19.4 Å². The van der Waals surface area contributed by atoms with Crippen molar-refractivity contribution in [3.63, 3.8) is 0 Å². The molecule has 1 atom stereocenters. The second-order valence-corrected chi connectivity index (χ2v) is 6.49. The lowest BCUT2D eigenvalue weighted by Crippen LogP contribution is -2.25. The van der Waals surface area contributed by atoms with E-state index in [2.05, 4.69) is 11.7 Å². The predicted molar refractivity (Wildman–Crippen MR) is 97.9 cm³/mol. The number of Topliss-reactive ketones (excluding diaryl/α,β-unsaturated/α-hetero) is 1. The first-order chi connectivity index (χ1) is 11.5. The van der Waals surface area contributed by atoms with Crippen LogP contribution in [0.4, 0.5) is 0 Å². The fourth-order valence-electron chi connectivity index (χ4n) is 2.71. The highest BCUT2D eigenvalue weighted by Gasteiger charge is 2.22. The molecule has 140 valence electrons. The molecule has 24 heavy (non-hydrogen) atoms. The van der Waals surface area contributed by atoms with Gasteiger partial charge >= 0.3 is 5.97 Å². The summed E-state index contributed by atoms with van der Waals surface area (Å²) in [6, 6.07) is 0. The van der Waals surface area contributed by atoms with Crippen molar-refractivity contribution in [2.75, 3.05) is 7.11 Å². The van der Waals surface area contributed by atoms with Crippen molar-refractivity contribution in [2.24, 2.45) is 0 Å². The fraction of sp³-hybridized carbons (Fsp3) is 0.800. The molecule has 0 spiro atoms. The number of hydrogen-bond acceptors (Lipinski definition) is 4. The summed E-state index contributed by atoms with van der Waals surface area (Å²) in [4.78, 5) is 22.8. The van der Waals surface area contributed by atoms with Crippen LogP contribution in [0.1, 0.15) is 90.9 Å². The van der Waals surface area contributed by atoms with Crippen LogP contribution in [0, 0.1) is 0 Å². The molecule has 0 amide bonds. The second-order valence-electron chi connectivity index (χ2n) is 6.49. The molecule has 0 saturated heterocycles. The van der Waals surface area contributed by atoms with E-state index in [-0.39, 0.29) is 5.57 Å². The normalized spacial score (nSPS) is 12.9. The van der Waals surface area contributed by atoms with Crippen LogP contribution in [-0.2, 0) is 14.3 Å². The Hall–Kier alpha value is -1.16. The maximum Gasteiger partial charge on any atom is 0.336 e. The van der Waals surface area contributed by atoms with Gasteiger partial charge in [-0.2, -0.15) is 0 Å². The van der Waals surface area contributed by atoms with E-state index >= 15 is 0 Å². The van der Waals surface area contributed by atoms with E-state index in [1.807, 2.05) is 0 Å². The summed E-state index contributed by atoms with van der Waals surface area (Å²) in [5.74, 6) is -1.06. The molecule has 0 aliphatic rings. The van der Waals surface area contributed by atoms with Crippen LogP contribution < -0.4 is 0 Å².